The second-order valence-electron chi connectivity index (χ2n) is 7.93. The van der Waals surface area contributed by atoms with Gasteiger partial charge in [-0.15, -0.1) is 0 Å². The number of halogens is 1. The Labute approximate surface area is 191 Å². The monoisotopic (exact) mass is 451 g/mol. The van der Waals surface area contributed by atoms with Crippen molar-refractivity contribution in [2.75, 3.05) is 11.9 Å². The van der Waals surface area contributed by atoms with E-state index in [0.29, 0.717) is 42.4 Å². The van der Waals surface area contributed by atoms with Crippen LogP contribution in [0.4, 0.5) is 10.1 Å². The van der Waals surface area contributed by atoms with E-state index < -0.39 is 11.9 Å². The average Bonchev–Trinajstić information content (AvgIpc) is 3.22. The van der Waals surface area contributed by atoms with E-state index in [4.69, 9.17) is 9.15 Å². The number of oxazole rings is 1. The predicted molar refractivity (Wildman–Crippen MR) is 121 cm³/mol. The van der Waals surface area contributed by atoms with Crippen LogP contribution in [0.15, 0.2) is 52.9 Å². The van der Waals surface area contributed by atoms with Gasteiger partial charge in [0.1, 0.15) is 11.8 Å². The SMILES string of the molecule is CCc1nc(C)c(C(=O)N2CCCCC2C(=O)Nc2ccc(Oc3ccccc3F)cc2)o1. The first kappa shape index (κ1) is 22.5. The number of ether oxygens (including phenoxy) is 1. The van der Waals surface area contributed by atoms with E-state index in [1.165, 1.54) is 6.07 Å². The normalized spacial score (nSPS) is 15.8. The highest BCUT2D eigenvalue weighted by atomic mass is 19.1. The van der Waals surface area contributed by atoms with Crippen LogP contribution in [0.1, 0.15) is 48.3 Å². The summed E-state index contributed by atoms with van der Waals surface area (Å²) < 4.78 is 24.9. The molecule has 1 saturated heterocycles. The van der Waals surface area contributed by atoms with Crippen molar-refractivity contribution in [2.45, 2.75) is 45.6 Å². The van der Waals surface area contributed by atoms with Gasteiger partial charge >= 0.3 is 0 Å². The zero-order valence-electron chi connectivity index (χ0n) is 18.6. The van der Waals surface area contributed by atoms with Gasteiger partial charge in [0.05, 0.1) is 5.69 Å². The Balaban J connectivity index is 1.44. The third-order valence-corrected chi connectivity index (χ3v) is 5.59. The van der Waals surface area contributed by atoms with Crippen molar-refractivity contribution in [1.29, 1.82) is 0 Å². The summed E-state index contributed by atoms with van der Waals surface area (Å²) in [5.41, 5.74) is 1.09. The Hall–Kier alpha value is -3.68. The minimum atomic E-state index is -0.602. The van der Waals surface area contributed by atoms with Gasteiger partial charge in [-0.3, -0.25) is 9.59 Å². The van der Waals surface area contributed by atoms with Crippen molar-refractivity contribution in [1.82, 2.24) is 9.88 Å². The fraction of sp³-hybridized carbons (Fsp3) is 0.320. The zero-order valence-corrected chi connectivity index (χ0v) is 18.6. The van der Waals surface area contributed by atoms with E-state index in [1.807, 2.05) is 6.92 Å². The molecule has 7 nitrogen and oxygen atoms in total. The summed E-state index contributed by atoms with van der Waals surface area (Å²) in [6, 6.07) is 12.2. The zero-order chi connectivity index (χ0) is 23.4. The second-order valence-corrected chi connectivity index (χ2v) is 7.93. The summed E-state index contributed by atoms with van der Waals surface area (Å²) in [5.74, 6) is 0.240. The molecule has 0 saturated carbocycles. The van der Waals surface area contributed by atoms with E-state index in [-0.39, 0.29) is 23.3 Å². The highest BCUT2D eigenvalue weighted by Gasteiger charge is 2.35. The van der Waals surface area contributed by atoms with Gasteiger partial charge in [-0.2, -0.15) is 0 Å². The molecule has 1 atom stereocenters. The van der Waals surface area contributed by atoms with Crippen LogP contribution in [0.5, 0.6) is 11.5 Å². The molecule has 3 aromatic rings. The number of rotatable bonds is 6. The molecule has 1 N–H and O–H groups in total. The first-order valence-electron chi connectivity index (χ1n) is 11.1. The lowest BCUT2D eigenvalue weighted by molar-refractivity contribution is -0.121. The molecule has 4 rings (SSSR count). The number of hydrogen-bond acceptors (Lipinski definition) is 5. The molecule has 172 valence electrons. The van der Waals surface area contributed by atoms with Crippen molar-refractivity contribution in [3.05, 3.63) is 71.7 Å². The van der Waals surface area contributed by atoms with Crippen LogP contribution in [0.3, 0.4) is 0 Å². The molecule has 1 fully saturated rings. The maximum absolute atomic E-state index is 13.8. The molecule has 33 heavy (non-hydrogen) atoms. The van der Waals surface area contributed by atoms with Gasteiger partial charge in [0.2, 0.25) is 11.7 Å². The summed E-state index contributed by atoms with van der Waals surface area (Å²) in [7, 11) is 0. The first-order chi connectivity index (χ1) is 16.0. The Morgan fingerprint density at radius 2 is 1.94 bits per heavy atom. The molecule has 2 aromatic carbocycles. The fourth-order valence-corrected chi connectivity index (χ4v) is 3.87. The van der Waals surface area contributed by atoms with Gasteiger partial charge in [-0.25, -0.2) is 9.37 Å². The van der Waals surface area contributed by atoms with E-state index in [2.05, 4.69) is 10.3 Å². The highest BCUT2D eigenvalue weighted by molar-refractivity contribution is 6.00. The van der Waals surface area contributed by atoms with Crippen LogP contribution in [-0.2, 0) is 11.2 Å². The largest absolute Gasteiger partial charge is 0.454 e. The van der Waals surface area contributed by atoms with Crippen molar-refractivity contribution in [3.63, 3.8) is 0 Å². The number of hydrogen-bond donors (Lipinski definition) is 1. The maximum atomic E-state index is 13.8. The summed E-state index contributed by atoms with van der Waals surface area (Å²) in [6.45, 7) is 4.12. The molecule has 0 aliphatic carbocycles. The van der Waals surface area contributed by atoms with E-state index in [0.717, 1.165) is 12.8 Å². The first-order valence-corrected chi connectivity index (χ1v) is 11.1. The average molecular weight is 451 g/mol. The van der Waals surface area contributed by atoms with Crippen molar-refractivity contribution in [3.8, 4) is 11.5 Å². The number of aromatic nitrogens is 1. The number of para-hydroxylation sites is 1. The van der Waals surface area contributed by atoms with E-state index >= 15 is 0 Å². The lowest BCUT2D eigenvalue weighted by Crippen LogP contribution is -2.50. The van der Waals surface area contributed by atoms with Crippen molar-refractivity contribution >= 4 is 17.5 Å². The number of likely N-dealkylation sites (tertiary alicyclic amines) is 1. The van der Waals surface area contributed by atoms with E-state index in [1.54, 1.807) is 54.3 Å². The lowest BCUT2D eigenvalue weighted by Gasteiger charge is -2.34. The highest BCUT2D eigenvalue weighted by Crippen LogP contribution is 2.26. The van der Waals surface area contributed by atoms with Crippen molar-refractivity contribution in [2.24, 2.45) is 0 Å². The molecule has 8 heteroatoms. The molecule has 0 bridgehead atoms. The summed E-state index contributed by atoms with van der Waals surface area (Å²) in [5, 5.41) is 2.87. The van der Waals surface area contributed by atoms with Crippen LogP contribution < -0.4 is 10.1 Å². The molecule has 0 spiro atoms. The molecular formula is C25H26FN3O4. The van der Waals surface area contributed by atoms with Crippen LogP contribution >= 0.6 is 0 Å². The smallest absolute Gasteiger partial charge is 0.292 e. The van der Waals surface area contributed by atoms with Crippen LogP contribution in [0.2, 0.25) is 0 Å². The third-order valence-electron chi connectivity index (χ3n) is 5.59. The second kappa shape index (κ2) is 9.85. The molecule has 2 heterocycles. The topological polar surface area (TPSA) is 84.7 Å². The van der Waals surface area contributed by atoms with Gasteiger partial charge in [-0.05, 0) is 62.6 Å². The van der Waals surface area contributed by atoms with Crippen molar-refractivity contribution < 1.29 is 23.1 Å². The van der Waals surface area contributed by atoms with Crippen LogP contribution in [0, 0.1) is 12.7 Å². The van der Waals surface area contributed by atoms with Gasteiger partial charge < -0.3 is 19.4 Å². The summed E-state index contributed by atoms with van der Waals surface area (Å²) in [6.07, 6.45) is 2.84. The molecule has 1 aliphatic rings. The third kappa shape index (κ3) is 5.05. The molecule has 1 aromatic heterocycles. The van der Waals surface area contributed by atoms with Crippen LogP contribution in [0.25, 0.3) is 0 Å². The summed E-state index contributed by atoms with van der Waals surface area (Å²) in [4.78, 5) is 32.0. The number of nitrogens with zero attached hydrogens (tertiary/aromatic N) is 2. The Kier molecular flexibility index (Phi) is 6.72. The Bertz CT molecular complexity index is 1140. The van der Waals surface area contributed by atoms with Gasteiger partial charge in [-0.1, -0.05) is 19.1 Å². The number of carbonyl (C=O) groups excluding carboxylic acids is 2. The quantitative estimate of drug-likeness (QED) is 0.563. The Morgan fingerprint density at radius 3 is 2.64 bits per heavy atom. The number of aryl methyl sites for hydroxylation is 2. The molecule has 1 unspecified atom stereocenters. The Morgan fingerprint density at radius 1 is 1.18 bits per heavy atom. The minimum absolute atomic E-state index is 0.125. The number of carbonyl (C=O) groups is 2. The fourth-order valence-electron chi connectivity index (χ4n) is 3.87. The van der Waals surface area contributed by atoms with Crippen LogP contribution in [-0.4, -0.2) is 34.3 Å². The predicted octanol–water partition coefficient (Wildman–Crippen LogP) is 5.11. The molecule has 0 radical (unpaired) electrons. The number of anilines is 1. The minimum Gasteiger partial charge on any atom is -0.454 e. The number of amides is 2. The maximum Gasteiger partial charge on any atom is 0.292 e. The molecule has 1 aliphatic heterocycles. The van der Waals surface area contributed by atoms with Gasteiger partial charge in [0.25, 0.3) is 5.91 Å². The van der Waals surface area contributed by atoms with Gasteiger partial charge in [0.15, 0.2) is 17.5 Å². The van der Waals surface area contributed by atoms with Gasteiger partial charge in [0, 0.05) is 18.7 Å². The molecular weight excluding hydrogens is 425 g/mol. The lowest BCUT2D eigenvalue weighted by atomic mass is 10.0. The van der Waals surface area contributed by atoms with E-state index in [9.17, 15) is 14.0 Å². The molecule has 2 amide bonds. The standard InChI is InChI=1S/C25H26FN3O4/c1-3-22-27-16(2)23(33-22)25(31)29-15-7-6-9-20(29)24(30)28-17-11-13-18(14-12-17)32-21-10-5-4-8-19(21)26/h4-5,8,10-14,20H,3,6-7,9,15H2,1-2H3,(H,28,30). The number of piperidine rings is 1. The summed E-state index contributed by atoms with van der Waals surface area (Å²) >= 11 is 0. The number of nitrogens with one attached hydrogen (secondary N) is 1. The number of benzene rings is 2.